The molecule has 0 aliphatic heterocycles. The zero-order valence-corrected chi connectivity index (χ0v) is 14.9. The molecule has 0 radical (unpaired) electrons. The monoisotopic (exact) mass is 419 g/mol. The molecule has 3 rings (SSSR count). The molecule has 5 nitrogen and oxygen atoms in total. The van der Waals surface area contributed by atoms with Crippen molar-refractivity contribution in [2.24, 2.45) is 0 Å². The number of carboxylic acids is 1. The molecule has 150 valence electrons. The minimum atomic E-state index is -5.08. The summed E-state index contributed by atoms with van der Waals surface area (Å²) in [5.74, 6) is -3.11. The van der Waals surface area contributed by atoms with Gasteiger partial charge in [0.1, 0.15) is 5.82 Å². The van der Waals surface area contributed by atoms with Crippen molar-refractivity contribution in [3.63, 3.8) is 0 Å². The van der Waals surface area contributed by atoms with Crippen LogP contribution in [0.5, 0.6) is 0 Å². The Kier molecular flexibility index (Phi) is 6.95. The van der Waals surface area contributed by atoms with Crippen LogP contribution in [0.1, 0.15) is 17.3 Å². The maximum Gasteiger partial charge on any atom is 0.490 e. The van der Waals surface area contributed by atoms with Gasteiger partial charge in [-0.1, -0.05) is 6.07 Å². The van der Waals surface area contributed by atoms with Gasteiger partial charge in [-0.15, -0.1) is 0 Å². The minimum absolute atomic E-state index is 0.00871. The molecule has 1 atom stereocenters. The molecular formula is C17H14F5N3O2S. The highest BCUT2D eigenvalue weighted by Crippen LogP contribution is 2.23. The fourth-order valence-electron chi connectivity index (χ4n) is 2.27. The van der Waals surface area contributed by atoms with Gasteiger partial charge in [-0.05, 0) is 30.2 Å². The summed E-state index contributed by atoms with van der Waals surface area (Å²) in [6, 6.07) is 5.76. The van der Waals surface area contributed by atoms with Crippen LogP contribution in [0.25, 0.3) is 11.0 Å². The molecule has 0 amide bonds. The Labute approximate surface area is 161 Å². The number of aromatic amines is 1. The number of pyridine rings is 1. The van der Waals surface area contributed by atoms with Crippen molar-refractivity contribution in [1.29, 1.82) is 0 Å². The quantitative estimate of drug-likeness (QED) is 0.439. The van der Waals surface area contributed by atoms with Crippen LogP contribution in [0.4, 0.5) is 22.0 Å². The minimum Gasteiger partial charge on any atom is -0.475 e. The zero-order valence-electron chi connectivity index (χ0n) is 14.0. The molecule has 0 aliphatic rings. The van der Waals surface area contributed by atoms with E-state index in [1.54, 1.807) is 18.5 Å². The van der Waals surface area contributed by atoms with E-state index in [4.69, 9.17) is 9.90 Å². The van der Waals surface area contributed by atoms with E-state index in [0.717, 1.165) is 22.9 Å². The van der Waals surface area contributed by atoms with E-state index in [9.17, 15) is 22.0 Å². The molecule has 0 unspecified atom stereocenters. The van der Waals surface area contributed by atoms with Crippen LogP contribution in [-0.4, -0.2) is 38.0 Å². The van der Waals surface area contributed by atoms with Gasteiger partial charge in [-0.3, -0.25) is 4.98 Å². The molecule has 0 saturated heterocycles. The molecule has 2 aromatic heterocycles. The van der Waals surface area contributed by atoms with Crippen LogP contribution in [0, 0.1) is 11.6 Å². The van der Waals surface area contributed by atoms with E-state index in [-0.39, 0.29) is 5.92 Å². The number of hydrogen-bond acceptors (Lipinski definition) is 4. The highest BCUT2D eigenvalue weighted by Gasteiger charge is 2.38. The Morgan fingerprint density at radius 2 is 1.89 bits per heavy atom. The van der Waals surface area contributed by atoms with Gasteiger partial charge in [0.15, 0.2) is 11.6 Å². The summed E-state index contributed by atoms with van der Waals surface area (Å²) in [4.78, 5) is 20.6. The van der Waals surface area contributed by atoms with E-state index < -0.39 is 23.8 Å². The van der Waals surface area contributed by atoms with E-state index in [0.29, 0.717) is 17.7 Å². The van der Waals surface area contributed by atoms with Gasteiger partial charge in [0.05, 0.1) is 17.2 Å². The van der Waals surface area contributed by atoms with Gasteiger partial charge in [0.25, 0.3) is 0 Å². The Morgan fingerprint density at radius 3 is 2.43 bits per heavy atom. The van der Waals surface area contributed by atoms with Crippen LogP contribution >= 0.6 is 12.6 Å². The number of carboxylic acid groups (broad SMARTS) is 1. The summed E-state index contributed by atoms with van der Waals surface area (Å²) in [5, 5.41) is 7.12. The van der Waals surface area contributed by atoms with E-state index in [2.05, 4.69) is 27.6 Å². The Bertz CT molecular complexity index is 928. The van der Waals surface area contributed by atoms with Crippen molar-refractivity contribution in [2.75, 3.05) is 5.75 Å². The smallest absolute Gasteiger partial charge is 0.475 e. The second-order valence-corrected chi connectivity index (χ2v) is 6.02. The van der Waals surface area contributed by atoms with E-state index >= 15 is 0 Å². The van der Waals surface area contributed by atoms with Gasteiger partial charge in [0.2, 0.25) is 0 Å². The average Bonchev–Trinajstić information content (AvgIpc) is 3.06. The molecule has 11 heteroatoms. The number of rotatable bonds is 4. The predicted octanol–water partition coefficient (Wildman–Crippen LogP) is 4.13. The molecule has 2 N–H and O–H groups in total. The number of nitrogens with one attached hydrogen (secondary N) is 1. The lowest BCUT2D eigenvalue weighted by molar-refractivity contribution is -0.192. The molecular weight excluding hydrogens is 405 g/mol. The normalized spacial score (nSPS) is 12.4. The third-order valence-corrected chi connectivity index (χ3v) is 4.06. The van der Waals surface area contributed by atoms with Gasteiger partial charge in [-0.25, -0.2) is 18.6 Å². The standard InChI is InChI=1S/C15H13F2N3S.C2HF3O2/c16-11-2-1-9(6-12(11)17)5-10(8-21)15-19-13-3-4-18-7-14(13)20-15;3-2(4,5)1(6)7/h1-4,6-7,10,21H,5,8H2,(H,19,20);(H,6,7)/t10-;/m1./s1. The number of hydrogen-bond donors (Lipinski definition) is 3. The summed E-state index contributed by atoms with van der Waals surface area (Å²) in [7, 11) is 0. The third kappa shape index (κ3) is 5.65. The maximum absolute atomic E-state index is 13.3. The van der Waals surface area contributed by atoms with E-state index in [1.807, 2.05) is 6.07 Å². The molecule has 28 heavy (non-hydrogen) atoms. The highest BCUT2D eigenvalue weighted by atomic mass is 32.1. The van der Waals surface area contributed by atoms with Crippen LogP contribution < -0.4 is 0 Å². The fraction of sp³-hybridized carbons (Fsp3) is 0.235. The van der Waals surface area contributed by atoms with Crippen molar-refractivity contribution in [3.8, 4) is 0 Å². The first-order chi connectivity index (χ1) is 13.1. The number of H-pyrrole nitrogens is 1. The number of carbonyl (C=O) groups is 1. The van der Waals surface area contributed by atoms with Gasteiger partial charge in [-0.2, -0.15) is 25.8 Å². The third-order valence-electron chi connectivity index (χ3n) is 3.62. The molecule has 0 bridgehead atoms. The van der Waals surface area contributed by atoms with Crippen molar-refractivity contribution in [3.05, 3.63) is 59.7 Å². The van der Waals surface area contributed by atoms with Crippen LogP contribution in [0.15, 0.2) is 36.7 Å². The highest BCUT2D eigenvalue weighted by molar-refractivity contribution is 7.80. The Morgan fingerprint density at radius 1 is 1.21 bits per heavy atom. The number of fused-ring (bicyclic) bond motifs is 1. The number of nitrogens with zero attached hydrogens (tertiary/aromatic N) is 2. The summed E-state index contributed by atoms with van der Waals surface area (Å²) in [5.41, 5.74) is 2.40. The first-order valence-electron chi connectivity index (χ1n) is 7.76. The number of halogens is 5. The van der Waals surface area contributed by atoms with Crippen LogP contribution in [0.2, 0.25) is 0 Å². The molecule has 0 saturated carbocycles. The van der Waals surface area contributed by atoms with Gasteiger partial charge in [0, 0.05) is 17.9 Å². The number of alkyl halides is 3. The first kappa shape index (κ1) is 21.6. The largest absolute Gasteiger partial charge is 0.490 e. The van der Waals surface area contributed by atoms with Gasteiger partial charge >= 0.3 is 12.1 Å². The van der Waals surface area contributed by atoms with Crippen LogP contribution in [-0.2, 0) is 11.2 Å². The Hall–Kier alpha value is -2.69. The average molecular weight is 419 g/mol. The molecule has 2 heterocycles. The van der Waals surface area contributed by atoms with Gasteiger partial charge < -0.3 is 10.1 Å². The zero-order chi connectivity index (χ0) is 20.9. The lowest BCUT2D eigenvalue weighted by Gasteiger charge is -2.12. The lowest BCUT2D eigenvalue weighted by Crippen LogP contribution is -2.21. The predicted molar refractivity (Wildman–Crippen MR) is 94.2 cm³/mol. The molecule has 0 fully saturated rings. The van der Waals surface area contributed by atoms with E-state index in [1.165, 1.54) is 6.07 Å². The molecule has 0 spiro atoms. The maximum atomic E-state index is 13.3. The second kappa shape index (κ2) is 9.00. The number of imidazole rings is 1. The van der Waals surface area contributed by atoms with Crippen molar-refractivity contribution in [2.45, 2.75) is 18.5 Å². The number of aromatic nitrogens is 3. The first-order valence-corrected chi connectivity index (χ1v) is 8.39. The number of aliphatic carboxylic acids is 1. The topological polar surface area (TPSA) is 78.9 Å². The molecule has 0 aliphatic carbocycles. The lowest BCUT2D eigenvalue weighted by atomic mass is 10.0. The summed E-state index contributed by atoms with van der Waals surface area (Å²) in [6.45, 7) is 0. The number of thiol groups is 1. The van der Waals surface area contributed by atoms with Crippen molar-refractivity contribution < 1.29 is 31.9 Å². The summed E-state index contributed by atoms with van der Waals surface area (Å²) in [6.07, 6.45) is -1.16. The summed E-state index contributed by atoms with van der Waals surface area (Å²) < 4.78 is 58.0. The van der Waals surface area contributed by atoms with Crippen molar-refractivity contribution >= 4 is 29.6 Å². The second-order valence-electron chi connectivity index (χ2n) is 5.65. The molecule has 3 aromatic rings. The number of benzene rings is 1. The fourth-order valence-corrected chi connectivity index (χ4v) is 2.57. The summed E-state index contributed by atoms with van der Waals surface area (Å²) >= 11 is 4.34. The molecule has 1 aromatic carbocycles. The van der Waals surface area contributed by atoms with Crippen LogP contribution in [0.3, 0.4) is 0 Å². The Balaban J connectivity index is 0.000000345. The van der Waals surface area contributed by atoms with Crippen molar-refractivity contribution in [1.82, 2.24) is 15.0 Å². The SMILES string of the molecule is Fc1ccc(C[C@H](CS)c2nc3ccncc3[nH]2)cc1F.O=C(O)C(F)(F)F.